The molecule has 0 saturated carbocycles. The molecule has 2 aliphatic heterocycles. The Kier molecular flexibility index (Phi) is 5.09. The van der Waals surface area contributed by atoms with Crippen LogP contribution in [0, 0.1) is 22.6 Å². The fourth-order valence-corrected chi connectivity index (χ4v) is 3.95. The molecule has 0 aromatic heterocycles. The van der Waals surface area contributed by atoms with Crippen molar-refractivity contribution in [3.05, 3.63) is 29.6 Å². The molecule has 3 rings (SSSR count). The van der Waals surface area contributed by atoms with Gasteiger partial charge in [-0.05, 0) is 44.9 Å². The number of fused-ring (bicyclic) bond motifs is 2. The van der Waals surface area contributed by atoms with Crippen LogP contribution in [-0.4, -0.2) is 53.9 Å². The molecular weight excluding hydrogens is 349 g/mol. The molecule has 2 amide bonds. The van der Waals surface area contributed by atoms with Crippen LogP contribution < -0.4 is 4.74 Å². The Morgan fingerprint density at radius 3 is 2.48 bits per heavy atom. The Balaban J connectivity index is 1.77. The van der Waals surface area contributed by atoms with Gasteiger partial charge in [0.1, 0.15) is 11.6 Å². The molecule has 0 spiro atoms. The van der Waals surface area contributed by atoms with E-state index in [1.54, 1.807) is 23.6 Å². The van der Waals surface area contributed by atoms with Crippen LogP contribution in [-0.2, 0) is 4.79 Å². The molecule has 2 aliphatic rings. The fourth-order valence-electron chi connectivity index (χ4n) is 3.95. The molecule has 2 unspecified atom stereocenters. The minimum atomic E-state index is -0.710. The number of benzene rings is 1. The van der Waals surface area contributed by atoms with Crippen molar-refractivity contribution in [2.45, 2.75) is 45.2 Å². The summed E-state index contributed by atoms with van der Waals surface area (Å²) in [6.07, 6.45) is 1.77. The molecule has 2 heterocycles. The Morgan fingerprint density at radius 1 is 1.30 bits per heavy atom. The van der Waals surface area contributed by atoms with Crippen LogP contribution in [0.25, 0.3) is 0 Å². The van der Waals surface area contributed by atoms with Crippen LogP contribution in [0.4, 0.5) is 4.39 Å². The predicted octanol–water partition coefficient (Wildman–Crippen LogP) is 2.59. The van der Waals surface area contributed by atoms with Crippen LogP contribution in [0.3, 0.4) is 0 Å². The zero-order valence-electron chi connectivity index (χ0n) is 15.9. The Labute approximate surface area is 158 Å². The van der Waals surface area contributed by atoms with Gasteiger partial charge in [0.2, 0.25) is 5.91 Å². The number of piperazine rings is 1. The molecule has 2 bridgehead atoms. The number of hydrogen-bond donors (Lipinski definition) is 0. The summed E-state index contributed by atoms with van der Waals surface area (Å²) in [5.41, 5.74) is -0.502. The standard InChI is InChI=1S/C20H24FN3O3/c1-20(2,12-22)9-18(25)23-10-14-5-6-15(11-23)24(14)19(26)16-8-13(21)4-7-17(16)27-3/h4,7-8,14-15H,5-6,9-11H2,1-3H3. The van der Waals surface area contributed by atoms with E-state index in [1.165, 1.54) is 25.3 Å². The van der Waals surface area contributed by atoms with Crippen molar-refractivity contribution in [3.63, 3.8) is 0 Å². The molecule has 1 aromatic carbocycles. The second-order valence-electron chi connectivity index (χ2n) is 7.91. The SMILES string of the molecule is COc1ccc(F)cc1C(=O)N1C2CCC1CN(C(=O)CC(C)(C)C#N)C2. The van der Waals surface area contributed by atoms with Gasteiger partial charge in [-0.1, -0.05) is 0 Å². The van der Waals surface area contributed by atoms with E-state index in [0.717, 1.165) is 12.8 Å². The molecular formula is C20H24FN3O3. The van der Waals surface area contributed by atoms with Crippen molar-refractivity contribution < 1.29 is 18.7 Å². The van der Waals surface area contributed by atoms with E-state index in [1.807, 2.05) is 0 Å². The Bertz CT molecular complexity index is 788. The summed E-state index contributed by atoms with van der Waals surface area (Å²) in [5.74, 6) is -0.466. The highest BCUT2D eigenvalue weighted by atomic mass is 19.1. The third kappa shape index (κ3) is 3.75. The minimum Gasteiger partial charge on any atom is -0.496 e. The number of methoxy groups -OCH3 is 1. The van der Waals surface area contributed by atoms with Crippen molar-refractivity contribution in [2.75, 3.05) is 20.2 Å². The number of carbonyl (C=O) groups is 2. The van der Waals surface area contributed by atoms with Crippen LogP contribution in [0.5, 0.6) is 5.75 Å². The molecule has 2 saturated heterocycles. The number of hydrogen-bond acceptors (Lipinski definition) is 4. The van der Waals surface area contributed by atoms with Gasteiger partial charge in [-0.15, -0.1) is 0 Å². The number of rotatable bonds is 4. The van der Waals surface area contributed by atoms with Gasteiger partial charge in [-0.25, -0.2) is 4.39 Å². The van der Waals surface area contributed by atoms with Gasteiger partial charge in [-0.2, -0.15) is 5.26 Å². The van der Waals surface area contributed by atoms with E-state index in [0.29, 0.717) is 18.8 Å². The molecule has 1 aromatic rings. The molecule has 2 atom stereocenters. The highest BCUT2D eigenvalue weighted by molar-refractivity contribution is 5.97. The van der Waals surface area contributed by atoms with E-state index in [-0.39, 0.29) is 35.9 Å². The molecule has 0 radical (unpaired) electrons. The molecule has 0 N–H and O–H groups in total. The van der Waals surface area contributed by atoms with E-state index in [4.69, 9.17) is 10.00 Å². The monoisotopic (exact) mass is 373 g/mol. The summed E-state index contributed by atoms with van der Waals surface area (Å²) < 4.78 is 18.9. The summed E-state index contributed by atoms with van der Waals surface area (Å²) in [4.78, 5) is 29.2. The Hall–Kier alpha value is -2.62. The highest BCUT2D eigenvalue weighted by Gasteiger charge is 2.45. The fraction of sp³-hybridized carbons (Fsp3) is 0.550. The number of halogens is 1. The maximum atomic E-state index is 13.7. The lowest BCUT2D eigenvalue weighted by Gasteiger charge is -2.41. The summed E-state index contributed by atoms with van der Waals surface area (Å²) in [6, 6.07) is 5.87. The summed E-state index contributed by atoms with van der Waals surface area (Å²) >= 11 is 0. The lowest BCUT2D eigenvalue weighted by atomic mass is 9.90. The van der Waals surface area contributed by atoms with Gasteiger partial charge in [0.05, 0.1) is 36.2 Å². The molecule has 7 heteroatoms. The van der Waals surface area contributed by atoms with Crippen LogP contribution >= 0.6 is 0 Å². The topological polar surface area (TPSA) is 73.6 Å². The first-order chi connectivity index (χ1) is 12.8. The number of ether oxygens (including phenoxy) is 1. The maximum absolute atomic E-state index is 13.7. The van der Waals surface area contributed by atoms with E-state index < -0.39 is 11.2 Å². The van der Waals surface area contributed by atoms with E-state index in [2.05, 4.69) is 6.07 Å². The van der Waals surface area contributed by atoms with Crippen molar-refractivity contribution >= 4 is 11.8 Å². The third-order valence-electron chi connectivity index (χ3n) is 5.36. The van der Waals surface area contributed by atoms with Crippen molar-refractivity contribution in [1.29, 1.82) is 5.26 Å². The summed E-state index contributed by atoms with van der Waals surface area (Å²) in [6.45, 7) is 4.38. The second-order valence-corrected chi connectivity index (χ2v) is 7.91. The van der Waals surface area contributed by atoms with Crippen molar-refractivity contribution in [1.82, 2.24) is 9.80 Å². The highest BCUT2D eigenvalue weighted by Crippen LogP contribution is 2.34. The number of nitriles is 1. The quantitative estimate of drug-likeness (QED) is 0.813. The first kappa shape index (κ1) is 19.2. The third-order valence-corrected chi connectivity index (χ3v) is 5.36. The van der Waals surface area contributed by atoms with Gasteiger partial charge in [-0.3, -0.25) is 9.59 Å². The van der Waals surface area contributed by atoms with Crippen LogP contribution in [0.2, 0.25) is 0 Å². The summed E-state index contributed by atoms with van der Waals surface area (Å²) in [7, 11) is 1.45. The summed E-state index contributed by atoms with van der Waals surface area (Å²) in [5, 5.41) is 9.15. The average molecular weight is 373 g/mol. The maximum Gasteiger partial charge on any atom is 0.258 e. The number of likely N-dealkylation sites (tertiary alicyclic amines) is 1. The number of carbonyl (C=O) groups excluding carboxylic acids is 2. The van der Waals surface area contributed by atoms with Crippen molar-refractivity contribution in [2.24, 2.45) is 5.41 Å². The molecule has 27 heavy (non-hydrogen) atoms. The van der Waals surface area contributed by atoms with Crippen LogP contribution in [0.15, 0.2) is 18.2 Å². The second kappa shape index (κ2) is 7.18. The van der Waals surface area contributed by atoms with E-state index in [9.17, 15) is 14.0 Å². The van der Waals surface area contributed by atoms with E-state index >= 15 is 0 Å². The van der Waals surface area contributed by atoms with Crippen LogP contribution in [0.1, 0.15) is 43.5 Å². The van der Waals surface area contributed by atoms with Gasteiger partial charge < -0.3 is 14.5 Å². The van der Waals surface area contributed by atoms with Gasteiger partial charge in [0, 0.05) is 19.5 Å². The largest absolute Gasteiger partial charge is 0.496 e. The van der Waals surface area contributed by atoms with Gasteiger partial charge in [0.25, 0.3) is 5.91 Å². The Morgan fingerprint density at radius 2 is 1.93 bits per heavy atom. The number of amides is 2. The molecule has 144 valence electrons. The zero-order chi connectivity index (χ0) is 19.8. The minimum absolute atomic E-state index is 0.0612. The smallest absolute Gasteiger partial charge is 0.258 e. The molecule has 0 aliphatic carbocycles. The van der Waals surface area contributed by atoms with Crippen molar-refractivity contribution in [3.8, 4) is 11.8 Å². The predicted molar refractivity (Wildman–Crippen MR) is 96.5 cm³/mol. The number of nitrogens with zero attached hydrogens (tertiary/aromatic N) is 3. The first-order valence-electron chi connectivity index (χ1n) is 9.11. The lowest BCUT2D eigenvalue weighted by Crippen LogP contribution is -2.57. The lowest BCUT2D eigenvalue weighted by molar-refractivity contribution is -0.135. The zero-order valence-corrected chi connectivity index (χ0v) is 15.9. The average Bonchev–Trinajstić information content (AvgIpc) is 2.89. The molecule has 6 nitrogen and oxygen atoms in total. The normalized spacial score (nSPS) is 21.7. The molecule has 2 fully saturated rings. The first-order valence-corrected chi connectivity index (χ1v) is 9.11. The van der Waals surface area contributed by atoms with Gasteiger partial charge in [0.15, 0.2) is 0 Å². The van der Waals surface area contributed by atoms with Gasteiger partial charge >= 0.3 is 0 Å².